The number of terminal acetylenes is 1. The molecule has 0 bridgehead atoms. The van der Waals surface area contributed by atoms with E-state index in [9.17, 15) is 9.59 Å². The van der Waals surface area contributed by atoms with Crippen molar-refractivity contribution in [2.24, 2.45) is 0 Å². The van der Waals surface area contributed by atoms with Crippen LogP contribution in [0.1, 0.15) is 62.5 Å². The van der Waals surface area contributed by atoms with Gasteiger partial charge in [-0.05, 0) is 37.0 Å². The van der Waals surface area contributed by atoms with Crippen LogP contribution in [0.3, 0.4) is 0 Å². The van der Waals surface area contributed by atoms with E-state index in [0.717, 1.165) is 24.8 Å². The van der Waals surface area contributed by atoms with Crippen molar-refractivity contribution in [3.05, 3.63) is 35.4 Å². The van der Waals surface area contributed by atoms with Crippen molar-refractivity contribution in [1.82, 2.24) is 0 Å². The number of rotatable bonds is 12. The van der Waals surface area contributed by atoms with Gasteiger partial charge >= 0.3 is 8.80 Å². The van der Waals surface area contributed by atoms with Crippen LogP contribution in [0.15, 0.2) is 24.3 Å². The summed E-state index contributed by atoms with van der Waals surface area (Å²) in [5, 5.41) is 0. The maximum absolute atomic E-state index is 9.41. The highest BCUT2D eigenvalue weighted by Crippen LogP contribution is 2.14. The summed E-state index contributed by atoms with van der Waals surface area (Å²) < 4.78 is 4.70. The molecule has 1 aromatic carbocycles. The second-order valence-electron chi connectivity index (χ2n) is 6.12. The van der Waals surface area contributed by atoms with Gasteiger partial charge in [-0.2, -0.15) is 0 Å². The molecule has 0 spiro atoms. The van der Waals surface area contributed by atoms with Crippen molar-refractivity contribution >= 4 is 8.80 Å². The van der Waals surface area contributed by atoms with Crippen LogP contribution in [0.25, 0.3) is 0 Å². The van der Waals surface area contributed by atoms with Gasteiger partial charge in [0, 0.05) is 18.7 Å². The van der Waals surface area contributed by atoms with Crippen LogP contribution >= 0.6 is 0 Å². The minimum atomic E-state index is -3.31. The molecule has 0 saturated heterocycles. The van der Waals surface area contributed by atoms with Crippen LogP contribution in [0.2, 0.25) is 6.04 Å². The lowest BCUT2D eigenvalue weighted by Gasteiger charge is -2.13. The fraction of sp³-hybridized carbons (Fsp3) is 0.579. The Morgan fingerprint density at radius 2 is 1.43 bits per heavy atom. The van der Waals surface area contributed by atoms with E-state index in [1.807, 2.05) is 12.1 Å². The fourth-order valence-electron chi connectivity index (χ4n) is 2.61. The molecule has 23 heavy (non-hydrogen) atoms. The molecular weight excluding hydrogens is 304 g/mol. The van der Waals surface area contributed by atoms with Crippen molar-refractivity contribution in [3.63, 3.8) is 0 Å². The summed E-state index contributed by atoms with van der Waals surface area (Å²) in [7, 11) is -1.94. The van der Waals surface area contributed by atoms with Crippen molar-refractivity contribution in [2.45, 2.75) is 63.8 Å². The first-order chi connectivity index (χ1) is 11.1. The average molecular weight is 335 g/mol. The van der Waals surface area contributed by atoms with Gasteiger partial charge in [-0.1, -0.05) is 56.6 Å². The van der Waals surface area contributed by atoms with E-state index in [1.54, 1.807) is 0 Å². The third-order valence-electron chi connectivity index (χ3n) is 4.17. The fourth-order valence-corrected chi connectivity index (χ4v) is 3.53. The Balaban J connectivity index is 1.92. The normalized spacial score (nSPS) is 11.4. The molecule has 128 valence electrons. The predicted octanol–water partition coefficient (Wildman–Crippen LogP) is 3.90. The van der Waals surface area contributed by atoms with Gasteiger partial charge in [0.05, 0.1) is 0 Å². The van der Waals surface area contributed by atoms with Crippen molar-refractivity contribution in [2.75, 3.05) is 7.11 Å². The summed E-state index contributed by atoms with van der Waals surface area (Å²) in [6, 6.07) is 8.69. The molecule has 0 fully saturated rings. The number of hydrogen-bond donors (Lipinski definition) is 2. The summed E-state index contributed by atoms with van der Waals surface area (Å²) in [5.41, 5.74) is 2.31. The van der Waals surface area contributed by atoms with Gasteiger partial charge in [0.15, 0.2) is 0 Å². The number of hydrogen-bond acceptors (Lipinski definition) is 3. The summed E-state index contributed by atoms with van der Waals surface area (Å²) in [6.07, 6.45) is 15.8. The SMILES string of the molecule is C#Cc1ccc(CCCCCCCCCC[Si](O)(O)OC)cc1. The van der Waals surface area contributed by atoms with E-state index in [2.05, 4.69) is 18.1 Å². The topological polar surface area (TPSA) is 49.7 Å². The molecule has 2 N–H and O–H groups in total. The Labute approximate surface area is 142 Å². The molecule has 0 aromatic heterocycles. The van der Waals surface area contributed by atoms with Crippen LogP contribution in [0.5, 0.6) is 0 Å². The van der Waals surface area contributed by atoms with Crippen molar-refractivity contribution in [1.29, 1.82) is 0 Å². The molecule has 0 aliphatic rings. The Bertz CT molecular complexity index is 462. The largest absolute Gasteiger partial charge is 0.495 e. The van der Waals surface area contributed by atoms with E-state index in [1.165, 1.54) is 51.2 Å². The quantitative estimate of drug-likeness (QED) is 0.346. The number of unbranched alkanes of at least 4 members (excludes halogenated alkanes) is 7. The van der Waals surface area contributed by atoms with E-state index in [-0.39, 0.29) is 0 Å². The molecule has 0 unspecified atom stereocenters. The summed E-state index contributed by atoms with van der Waals surface area (Å²) in [5.74, 6) is 2.64. The molecular formula is C19H30O3Si. The monoisotopic (exact) mass is 334 g/mol. The van der Waals surface area contributed by atoms with Gasteiger partial charge in [-0.15, -0.1) is 6.42 Å². The van der Waals surface area contributed by atoms with Gasteiger partial charge in [-0.3, -0.25) is 0 Å². The molecule has 4 heteroatoms. The summed E-state index contributed by atoms with van der Waals surface area (Å²) in [4.78, 5) is 18.8. The molecule has 1 aromatic rings. The first-order valence-corrected chi connectivity index (χ1v) is 10.6. The molecule has 0 heterocycles. The Kier molecular flexibility index (Phi) is 9.89. The van der Waals surface area contributed by atoms with E-state index < -0.39 is 8.80 Å². The molecule has 3 nitrogen and oxygen atoms in total. The van der Waals surface area contributed by atoms with Crippen LogP contribution in [0.4, 0.5) is 0 Å². The van der Waals surface area contributed by atoms with Gasteiger partial charge in [0.1, 0.15) is 0 Å². The molecule has 0 radical (unpaired) electrons. The van der Waals surface area contributed by atoms with Crippen LogP contribution in [0, 0.1) is 12.3 Å². The standard InChI is InChI=1S/C19H30O3Si/c1-3-18-13-15-19(16-14-18)12-10-8-6-4-5-7-9-11-17-23(20,21)22-2/h1,13-16,20-21H,4-12,17H2,2H3. The van der Waals surface area contributed by atoms with Crippen LogP contribution in [-0.2, 0) is 10.8 Å². The first-order valence-electron chi connectivity index (χ1n) is 8.63. The minimum Gasteiger partial charge on any atom is -0.390 e. The molecule has 0 atom stereocenters. The van der Waals surface area contributed by atoms with Gasteiger partial charge in [0.25, 0.3) is 0 Å². The summed E-state index contributed by atoms with van der Waals surface area (Å²) >= 11 is 0. The molecule has 0 aliphatic heterocycles. The molecule has 1 rings (SSSR count). The number of aryl methyl sites for hydroxylation is 1. The van der Waals surface area contributed by atoms with Crippen LogP contribution in [-0.4, -0.2) is 25.5 Å². The predicted molar refractivity (Wildman–Crippen MR) is 97.0 cm³/mol. The van der Waals surface area contributed by atoms with E-state index in [4.69, 9.17) is 10.8 Å². The molecule has 0 saturated carbocycles. The maximum Gasteiger partial charge on any atom is 0.495 e. The highest BCUT2D eigenvalue weighted by atomic mass is 28.4. The maximum atomic E-state index is 9.41. The second-order valence-corrected chi connectivity index (χ2v) is 8.51. The average Bonchev–Trinajstić information content (AvgIpc) is 2.57. The zero-order valence-corrected chi connectivity index (χ0v) is 15.3. The zero-order chi connectivity index (χ0) is 17.0. The summed E-state index contributed by atoms with van der Waals surface area (Å²) in [6.45, 7) is 0. The highest BCUT2D eigenvalue weighted by Gasteiger charge is 2.29. The molecule has 0 amide bonds. The third kappa shape index (κ3) is 9.57. The minimum absolute atomic E-state index is 0.419. The second kappa shape index (κ2) is 11.4. The Hall–Kier alpha value is -1.12. The lowest BCUT2D eigenvalue weighted by Crippen LogP contribution is -2.37. The lowest BCUT2D eigenvalue weighted by atomic mass is 10.0. The van der Waals surface area contributed by atoms with Gasteiger partial charge in [-0.25, -0.2) is 0 Å². The lowest BCUT2D eigenvalue weighted by molar-refractivity contribution is 0.183. The van der Waals surface area contributed by atoms with E-state index >= 15 is 0 Å². The zero-order valence-electron chi connectivity index (χ0n) is 14.3. The van der Waals surface area contributed by atoms with Gasteiger partial charge in [0.2, 0.25) is 0 Å². The highest BCUT2D eigenvalue weighted by molar-refractivity contribution is 6.57. The van der Waals surface area contributed by atoms with Crippen molar-refractivity contribution < 1.29 is 14.0 Å². The number of benzene rings is 1. The van der Waals surface area contributed by atoms with Crippen LogP contribution < -0.4 is 0 Å². The van der Waals surface area contributed by atoms with Crippen molar-refractivity contribution in [3.8, 4) is 12.3 Å². The van der Waals surface area contributed by atoms with Gasteiger partial charge < -0.3 is 14.0 Å². The van der Waals surface area contributed by atoms with E-state index in [0.29, 0.717) is 6.04 Å². The smallest absolute Gasteiger partial charge is 0.390 e. The first kappa shape index (κ1) is 19.9. The Morgan fingerprint density at radius 3 is 1.96 bits per heavy atom. The molecule has 0 aliphatic carbocycles. The Morgan fingerprint density at radius 1 is 0.913 bits per heavy atom. The third-order valence-corrected chi connectivity index (χ3v) is 5.82.